The maximum absolute atomic E-state index is 11.2. The normalized spacial score (nSPS) is 17.3. The molecule has 0 spiro atoms. The Hall–Kier alpha value is 0.100. The SMILES string of the molecule is CCOP(=O)(O)CS(=O)(=O)C(C)C. The second-order valence-corrected chi connectivity index (χ2v) is 7.73. The van der Waals surface area contributed by atoms with Crippen LogP contribution in [0.5, 0.6) is 0 Å². The Morgan fingerprint density at radius 1 is 1.46 bits per heavy atom. The third kappa shape index (κ3) is 4.76. The molecular formula is C6H15O5PS. The fraction of sp³-hybridized carbons (Fsp3) is 1.00. The van der Waals surface area contributed by atoms with Crippen LogP contribution in [0.15, 0.2) is 0 Å². The van der Waals surface area contributed by atoms with E-state index in [2.05, 4.69) is 4.52 Å². The predicted molar refractivity (Wildman–Crippen MR) is 50.4 cm³/mol. The molecule has 5 nitrogen and oxygen atoms in total. The summed E-state index contributed by atoms with van der Waals surface area (Å²) in [6.45, 7) is 4.48. The van der Waals surface area contributed by atoms with E-state index in [1.54, 1.807) is 0 Å². The molecule has 0 saturated heterocycles. The van der Waals surface area contributed by atoms with Gasteiger partial charge in [-0.3, -0.25) is 4.57 Å². The summed E-state index contributed by atoms with van der Waals surface area (Å²) in [5, 5.41) is -0.659. The lowest BCUT2D eigenvalue weighted by Gasteiger charge is -2.12. The summed E-state index contributed by atoms with van der Waals surface area (Å²) in [7, 11) is -7.47. The average Bonchev–Trinajstić information content (AvgIpc) is 1.83. The molecule has 1 atom stereocenters. The van der Waals surface area contributed by atoms with Crippen molar-refractivity contribution in [1.29, 1.82) is 0 Å². The summed E-state index contributed by atoms with van der Waals surface area (Å²) in [4.78, 5) is 9.05. The summed E-state index contributed by atoms with van der Waals surface area (Å²) in [5.41, 5.74) is -0.800. The Kier molecular flexibility index (Phi) is 4.59. The largest absolute Gasteiger partial charge is 0.343 e. The molecule has 0 amide bonds. The van der Waals surface area contributed by atoms with Crippen LogP contribution in [0.1, 0.15) is 20.8 Å². The number of sulfone groups is 1. The Balaban J connectivity index is 4.54. The third-order valence-corrected chi connectivity index (χ3v) is 6.23. The van der Waals surface area contributed by atoms with Crippen molar-refractivity contribution in [1.82, 2.24) is 0 Å². The monoisotopic (exact) mass is 230 g/mol. The molecule has 0 bridgehead atoms. The second-order valence-electron chi connectivity index (χ2n) is 2.90. The number of rotatable bonds is 5. The van der Waals surface area contributed by atoms with Crippen molar-refractivity contribution in [2.45, 2.75) is 26.0 Å². The molecule has 0 aromatic heterocycles. The number of hydrogen-bond donors (Lipinski definition) is 1. The first-order chi connectivity index (χ1) is 5.71. The molecule has 1 N–H and O–H groups in total. The van der Waals surface area contributed by atoms with Crippen molar-refractivity contribution in [2.24, 2.45) is 0 Å². The minimum atomic E-state index is -3.96. The van der Waals surface area contributed by atoms with E-state index in [1.807, 2.05) is 0 Å². The first-order valence-corrected chi connectivity index (χ1v) is 7.37. The third-order valence-electron chi connectivity index (χ3n) is 1.39. The quantitative estimate of drug-likeness (QED) is 0.712. The molecule has 0 aromatic rings. The van der Waals surface area contributed by atoms with Crippen molar-refractivity contribution in [3.05, 3.63) is 0 Å². The van der Waals surface area contributed by atoms with E-state index < -0.39 is 28.2 Å². The van der Waals surface area contributed by atoms with Gasteiger partial charge < -0.3 is 9.42 Å². The summed E-state index contributed by atoms with van der Waals surface area (Å²) in [6, 6.07) is 0. The van der Waals surface area contributed by atoms with Crippen LogP contribution >= 0.6 is 7.60 Å². The van der Waals surface area contributed by atoms with Crippen LogP contribution in [-0.4, -0.2) is 30.7 Å². The molecule has 0 aliphatic rings. The maximum atomic E-state index is 11.2. The first kappa shape index (κ1) is 13.1. The van der Waals surface area contributed by atoms with Crippen LogP contribution < -0.4 is 0 Å². The van der Waals surface area contributed by atoms with E-state index in [9.17, 15) is 13.0 Å². The van der Waals surface area contributed by atoms with Gasteiger partial charge in [0.25, 0.3) is 0 Å². The van der Waals surface area contributed by atoms with Crippen molar-refractivity contribution in [3.8, 4) is 0 Å². The molecule has 0 fully saturated rings. The van der Waals surface area contributed by atoms with Crippen LogP contribution in [0.4, 0.5) is 0 Å². The first-order valence-electron chi connectivity index (χ1n) is 3.89. The van der Waals surface area contributed by atoms with Crippen molar-refractivity contribution >= 4 is 17.4 Å². The highest BCUT2D eigenvalue weighted by Gasteiger charge is 2.30. The molecule has 13 heavy (non-hydrogen) atoms. The van der Waals surface area contributed by atoms with E-state index in [0.717, 1.165) is 0 Å². The Morgan fingerprint density at radius 2 is 1.92 bits per heavy atom. The van der Waals surface area contributed by atoms with Crippen molar-refractivity contribution < 1.29 is 22.4 Å². The number of hydrogen-bond acceptors (Lipinski definition) is 4. The van der Waals surface area contributed by atoms with Gasteiger partial charge >= 0.3 is 7.60 Å². The lowest BCUT2D eigenvalue weighted by atomic mass is 10.6. The van der Waals surface area contributed by atoms with Gasteiger partial charge in [-0.2, -0.15) is 0 Å². The molecule has 80 valence electrons. The van der Waals surface area contributed by atoms with Crippen molar-refractivity contribution in [2.75, 3.05) is 12.1 Å². The van der Waals surface area contributed by atoms with Crippen LogP contribution in [0.3, 0.4) is 0 Å². The van der Waals surface area contributed by atoms with Crippen molar-refractivity contribution in [3.63, 3.8) is 0 Å². The highest BCUT2D eigenvalue weighted by molar-refractivity contribution is 7.98. The minimum absolute atomic E-state index is 0.0292. The van der Waals surface area contributed by atoms with Crippen LogP contribution in [0.2, 0.25) is 0 Å². The van der Waals surface area contributed by atoms with E-state index >= 15 is 0 Å². The predicted octanol–water partition coefficient (Wildman–Crippen LogP) is 0.989. The highest BCUT2D eigenvalue weighted by atomic mass is 32.2. The second kappa shape index (κ2) is 4.55. The van der Waals surface area contributed by atoms with Gasteiger partial charge in [0, 0.05) is 0 Å². The Morgan fingerprint density at radius 3 is 2.23 bits per heavy atom. The molecule has 7 heteroatoms. The lowest BCUT2D eigenvalue weighted by molar-refractivity contribution is 0.277. The van der Waals surface area contributed by atoms with E-state index in [0.29, 0.717) is 0 Å². The Labute approximate surface area is 78.6 Å². The summed E-state index contributed by atoms with van der Waals surface area (Å²) in [6.07, 6.45) is 0. The van der Waals surface area contributed by atoms with Gasteiger partial charge in [-0.25, -0.2) is 8.42 Å². The van der Waals surface area contributed by atoms with Gasteiger partial charge in [-0.05, 0) is 20.8 Å². The Bertz CT molecular complexity index is 294. The molecule has 0 aliphatic carbocycles. The van der Waals surface area contributed by atoms with E-state index in [1.165, 1.54) is 20.8 Å². The van der Waals surface area contributed by atoms with E-state index in [-0.39, 0.29) is 6.61 Å². The molecule has 0 aromatic carbocycles. The molecule has 0 rings (SSSR count). The highest BCUT2D eigenvalue weighted by Crippen LogP contribution is 2.43. The molecule has 0 heterocycles. The van der Waals surface area contributed by atoms with Gasteiger partial charge in [-0.1, -0.05) is 0 Å². The van der Waals surface area contributed by atoms with Gasteiger partial charge in [0.1, 0.15) is 0 Å². The van der Waals surface area contributed by atoms with Gasteiger partial charge in [0.2, 0.25) is 0 Å². The topological polar surface area (TPSA) is 80.7 Å². The van der Waals surface area contributed by atoms with E-state index in [4.69, 9.17) is 4.89 Å². The zero-order valence-electron chi connectivity index (χ0n) is 7.93. The smallest absolute Gasteiger partial charge is 0.324 e. The maximum Gasteiger partial charge on any atom is 0.343 e. The van der Waals surface area contributed by atoms with Gasteiger partial charge in [-0.15, -0.1) is 0 Å². The fourth-order valence-electron chi connectivity index (χ4n) is 0.615. The molecule has 0 radical (unpaired) electrons. The lowest BCUT2D eigenvalue weighted by Crippen LogP contribution is -2.18. The van der Waals surface area contributed by atoms with Gasteiger partial charge in [0.05, 0.1) is 11.9 Å². The summed E-state index contributed by atoms with van der Waals surface area (Å²) in [5.74, 6) is 0. The zero-order valence-corrected chi connectivity index (χ0v) is 9.64. The van der Waals surface area contributed by atoms with Crippen LogP contribution in [0, 0.1) is 0 Å². The summed E-state index contributed by atoms with van der Waals surface area (Å²) >= 11 is 0. The average molecular weight is 230 g/mol. The molecule has 1 unspecified atom stereocenters. The van der Waals surface area contributed by atoms with Gasteiger partial charge in [0.15, 0.2) is 15.3 Å². The van der Waals surface area contributed by atoms with Crippen LogP contribution in [-0.2, 0) is 18.9 Å². The van der Waals surface area contributed by atoms with Crippen LogP contribution in [0.25, 0.3) is 0 Å². The summed E-state index contributed by atoms with van der Waals surface area (Å²) < 4.78 is 38.0. The fourth-order valence-corrected chi connectivity index (χ4v) is 4.33. The molecular weight excluding hydrogens is 215 g/mol. The molecule has 0 saturated carbocycles. The zero-order chi connectivity index (χ0) is 10.7. The molecule has 0 aliphatic heterocycles. The standard InChI is InChI=1S/C6H15O5PS/c1-4-11-12(7,8)5-13(9,10)6(2)3/h6H,4-5H2,1-3H3,(H,7,8). The minimum Gasteiger partial charge on any atom is -0.324 e.